The summed E-state index contributed by atoms with van der Waals surface area (Å²) in [5.74, 6) is 1.98. The highest BCUT2D eigenvalue weighted by Crippen LogP contribution is 2.51. The highest BCUT2D eigenvalue weighted by Gasteiger charge is 2.51. The highest BCUT2D eigenvalue weighted by molar-refractivity contribution is 6.02. The van der Waals surface area contributed by atoms with E-state index in [4.69, 9.17) is 9.47 Å². The van der Waals surface area contributed by atoms with Crippen molar-refractivity contribution in [3.8, 4) is 22.6 Å². The smallest absolute Gasteiger partial charge is 0.235 e. The van der Waals surface area contributed by atoms with Gasteiger partial charge in [0, 0.05) is 5.69 Å². The standard InChI is InChI=1S/C28H29NO3/c1-4-19-8-10-23(16-24(19)21-7-5-6-20(14-21)18(2)3)29-27(30)28(12-13-28)22-9-11-25-26(15-22)32-17-31-25/h5-11,14-16,18H,4,12-13,17H2,1-3H3,(H,29,30). The number of benzene rings is 3. The molecule has 1 aliphatic heterocycles. The lowest BCUT2D eigenvalue weighted by Crippen LogP contribution is -2.27. The molecule has 3 aromatic carbocycles. The van der Waals surface area contributed by atoms with Crippen LogP contribution in [0, 0.1) is 0 Å². The lowest BCUT2D eigenvalue weighted by Gasteiger charge is -2.18. The third-order valence-electron chi connectivity index (χ3n) is 6.72. The first-order valence-electron chi connectivity index (χ1n) is 11.4. The van der Waals surface area contributed by atoms with Gasteiger partial charge in [0.1, 0.15) is 0 Å². The molecular formula is C28H29NO3. The number of amides is 1. The van der Waals surface area contributed by atoms with Crippen LogP contribution in [0.1, 0.15) is 56.2 Å². The number of carbonyl (C=O) groups excluding carboxylic acids is 1. The lowest BCUT2D eigenvalue weighted by molar-refractivity contribution is -0.118. The third-order valence-corrected chi connectivity index (χ3v) is 6.72. The van der Waals surface area contributed by atoms with Crippen molar-refractivity contribution in [3.63, 3.8) is 0 Å². The molecule has 0 bridgehead atoms. The van der Waals surface area contributed by atoms with E-state index in [2.05, 4.69) is 62.5 Å². The maximum Gasteiger partial charge on any atom is 0.235 e. The van der Waals surface area contributed by atoms with Crippen molar-refractivity contribution in [2.75, 3.05) is 12.1 Å². The number of nitrogens with one attached hydrogen (secondary N) is 1. The Morgan fingerprint density at radius 1 is 1.00 bits per heavy atom. The van der Waals surface area contributed by atoms with Crippen molar-refractivity contribution < 1.29 is 14.3 Å². The highest BCUT2D eigenvalue weighted by atomic mass is 16.7. The van der Waals surface area contributed by atoms with Crippen LogP contribution in [-0.4, -0.2) is 12.7 Å². The zero-order chi connectivity index (χ0) is 22.3. The number of hydrogen-bond acceptors (Lipinski definition) is 3. The summed E-state index contributed by atoms with van der Waals surface area (Å²) in [6.07, 6.45) is 2.63. The summed E-state index contributed by atoms with van der Waals surface area (Å²) in [4.78, 5) is 13.4. The maximum atomic E-state index is 13.4. The Labute approximate surface area is 189 Å². The average Bonchev–Trinajstić information content (AvgIpc) is 3.50. The van der Waals surface area contributed by atoms with Crippen molar-refractivity contribution in [1.82, 2.24) is 0 Å². The van der Waals surface area contributed by atoms with E-state index >= 15 is 0 Å². The van der Waals surface area contributed by atoms with Crippen molar-refractivity contribution in [3.05, 3.63) is 77.4 Å². The van der Waals surface area contributed by atoms with Gasteiger partial charge >= 0.3 is 0 Å². The second kappa shape index (κ2) is 8.01. The summed E-state index contributed by atoms with van der Waals surface area (Å²) >= 11 is 0. The normalized spacial score (nSPS) is 15.6. The molecule has 164 valence electrons. The number of aryl methyl sites for hydroxylation is 1. The van der Waals surface area contributed by atoms with E-state index in [1.54, 1.807) is 0 Å². The van der Waals surface area contributed by atoms with Gasteiger partial charge in [-0.3, -0.25) is 4.79 Å². The molecule has 1 N–H and O–H groups in total. The number of fused-ring (bicyclic) bond motifs is 1. The van der Waals surface area contributed by atoms with E-state index in [0.717, 1.165) is 42.0 Å². The summed E-state index contributed by atoms with van der Waals surface area (Å²) in [7, 11) is 0. The largest absolute Gasteiger partial charge is 0.454 e. The summed E-state index contributed by atoms with van der Waals surface area (Å²) < 4.78 is 10.9. The number of ether oxygens (including phenoxy) is 2. The van der Waals surface area contributed by atoms with Gasteiger partial charge in [-0.1, -0.05) is 57.2 Å². The number of anilines is 1. The SMILES string of the molecule is CCc1ccc(NC(=O)C2(c3ccc4c(c3)OCO4)CC2)cc1-c1cccc(C(C)C)c1. The van der Waals surface area contributed by atoms with Crippen LogP contribution in [-0.2, 0) is 16.6 Å². The van der Waals surface area contributed by atoms with Crippen molar-refractivity contribution in [1.29, 1.82) is 0 Å². The molecule has 3 aromatic rings. The lowest BCUT2D eigenvalue weighted by atomic mass is 9.92. The van der Waals surface area contributed by atoms with Crippen LogP contribution in [0.15, 0.2) is 60.7 Å². The van der Waals surface area contributed by atoms with Crippen LogP contribution in [0.2, 0.25) is 0 Å². The number of rotatable bonds is 6. The first-order chi connectivity index (χ1) is 15.5. The molecule has 0 spiro atoms. The van der Waals surface area contributed by atoms with E-state index in [9.17, 15) is 4.79 Å². The minimum Gasteiger partial charge on any atom is -0.454 e. The van der Waals surface area contributed by atoms with E-state index < -0.39 is 5.41 Å². The molecule has 0 unspecified atom stereocenters. The van der Waals surface area contributed by atoms with E-state index in [1.165, 1.54) is 22.3 Å². The second-order valence-electron chi connectivity index (χ2n) is 9.11. The molecule has 1 saturated carbocycles. The molecule has 0 radical (unpaired) electrons. The first-order valence-corrected chi connectivity index (χ1v) is 11.4. The van der Waals surface area contributed by atoms with Gasteiger partial charge in [-0.05, 0) is 77.3 Å². The molecule has 4 heteroatoms. The van der Waals surface area contributed by atoms with Gasteiger partial charge in [-0.2, -0.15) is 0 Å². The molecule has 1 heterocycles. The molecule has 1 fully saturated rings. The van der Waals surface area contributed by atoms with Gasteiger partial charge in [0.25, 0.3) is 0 Å². The molecule has 1 aliphatic carbocycles. The second-order valence-corrected chi connectivity index (χ2v) is 9.11. The Hall–Kier alpha value is -3.27. The monoisotopic (exact) mass is 427 g/mol. The Balaban J connectivity index is 1.43. The Kier molecular flexibility index (Phi) is 5.16. The minimum atomic E-state index is -0.484. The quantitative estimate of drug-likeness (QED) is 0.492. The average molecular weight is 428 g/mol. The number of carbonyl (C=O) groups is 1. The van der Waals surface area contributed by atoms with Crippen LogP contribution < -0.4 is 14.8 Å². The first kappa shape index (κ1) is 20.6. The summed E-state index contributed by atoms with van der Waals surface area (Å²) in [6, 6.07) is 20.8. The predicted octanol–water partition coefficient (Wildman–Crippen LogP) is 6.44. The maximum absolute atomic E-state index is 13.4. The van der Waals surface area contributed by atoms with Gasteiger partial charge in [0.15, 0.2) is 11.5 Å². The van der Waals surface area contributed by atoms with Crippen LogP contribution in [0.5, 0.6) is 11.5 Å². The van der Waals surface area contributed by atoms with Gasteiger partial charge in [-0.25, -0.2) is 0 Å². The van der Waals surface area contributed by atoms with Crippen LogP contribution in [0.25, 0.3) is 11.1 Å². The van der Waals surface area contributed by atoms with Gasteiger partial charge in [0.2, 0.25) is 12.7 Å². The Morgan fingerprint density at radius 2 is 1.81 bits per heavy atom. The molecule has 0 atom stereocenters. The zero-order valence-corrected chi connectivity index (χ0v) is 18.9. The molecule has 0 saturated heterocycles. The molecule has 4 nitrogen and oxygen atoms in total. The fourth-order valence-corrected chi connectivity index (χ4v) is 4.51. The summed E-state index contributed by atoms with van der Waals surface area (Å²) in [5, 5.41) is 3.20. The van der Waals surface area contributed by atoms with E-state index in [1.807, 2.05) is 24.3 Å². The summed E-state index contributed by atoms with van der Waals surface area (Å²) in [5.41, 5.74) is 6.32. The molecule has 2 aliphatic rings. The molecule has 5 rings (SSSR count). The Bertz CT molecular complexity index is 1180. The summed E-state index contributed by atoms with van der Waals surface area (Å²) in [6.45, 7) is 6.83. The van der Waals surface area contributed by atoms with Crippen molar-refractivity contribution >= 4 is 11.6 Å². The molecule has 1 amide bonds. The van der Waals surface area contributed by atoms with Gasteiger partial charge < -0.3 is 14.8 Å². The van der Waals surface area contributed by atoms with Crippen LogP contribution in [0.4, 0.5) is 5.69 Å². The molecule has 0 aromatic heterocycles. The van der Waals surface area contributed by atoms with Crippen molar-refractivity contribution in [2.24, 2.45) is 0 Å². The van der Waals surface area contributed by atoms with Gasteiger partial charge in [0.05, 0.1) is 5.41 Å². The minimum absolute atomic E-state index is 0.0440. The van der Waals surface area contributed by atoms with Crippen molar-refractivity contribution in [2.45, 2.75) is 51.4 Å². The topological polar surface area (TPSA) is 47.6 Å². The van der Waals surface area contributed by atoms with Crippen LogP contribution >= 0.6 is 0 Å². The van der Waals surface area contributed by atoms with E-state index in [-0.39, 0.29) is 12.7 Å². The fourth-order valence-electron chi connectivity index (χ4n) is 4.51. The third kappa shape index (κ3) is 3.64. The number of hydrogen-bond donors (Lipinski definition) is 1. The predicted molar refractivity (Wildman–Crippen MR) is 127 cm³/mol. The fraction of sp³-hybridized carbons (Fsp3) is 0.321. The van der Waals surface area contributed by atoms with Gasteiger partial charge in [-0.15, -0.1) is 0 Å². The molecular weight excluding hydrogens is 398 g/mol. The van der Waals surface area contributed by atoms with Crippen LogP contribution in [0.3, 0.4) is 0 Å². The van der Waals surface area contributed by atoms with E-state index in [0.29, 0.717) is 5.92 Å². The Morgan fingerprint density at radius 3 is 2.56 bits per heavy atom. The zero-order valence-electron chi connectivity index (χ0n) is 18.9. The molecule has 32 heavy (non-hydrogen) atoms.